The van der Waals surface area contributed by atoms with Gasteiger partial charge in [0, 0.05) is 17.8 Å². The van der Waals surface area contributed by atoms with E-state index in [0.717, 1.165) is 0 Å². The van der Waals surface area contributed by atoms with Crippen molar-refractivity contribution < 1.29 is 19.3 Å². The van der Waals surface area contributed by atoms with Gasteiger partial charge in [-0.15, -0.1) is 0 Å². The van der Waals surface area contributed by atoms with E-state index in [1.165, 1.54) is 24.3 Å². The summed E-state index contributed by atoms with van der Waals surface area (Å²) in [7, 11) is 0. The third kappa shape index (κ3) is 6.09. The summed E-state index contributed by atoms with van der Waals surface area (Å²) in [6.07, 6.45) is 1.27. The number of aliphatic hydroxyl groups excluding tert-OH is 2. The van der Waals surface area contributed by atoms with E-state index in [1.54, 1.807) is 11.8 Å². The van der Waals surface area contributed by atoms with Crippen LogP contribution in [0.2, 0.25) is 0 Å². The van der Waals surface area contributed by atoms with Gasteiger partial charge in [-0.05, 0) is 37.4 Å². The molecule has 0 aliphatic carbocycles. The Labute approximate surface area is 123 Å². The monoisotopic (exact) mass is 303 g/mol. The summed E-state index contributed by atoms with van der Waals surface area (Å²) in [5, 5.41) is 22.2. The van der Waals surface area contributed by atoms with Crippen molar-refractivity contribution in [3.8, 4) is 5.75 Å². The van der Waals surface area contributed by atoms with E-state index in [0.29, 0.717) is 12.3 Å². The molecule has 0 bridgehead atoms. The Morgan fingerprint density at radius 3 is 2.55 bits per heavy atom. The molecular formula is C14H22FNO3S. The smallest absolute Gasteiger partial charge is 0.123 e. The first kappa shape index (κ1) is 17.2. The van der Waals surface area contributed by atoms with Crippen LogP contribution in [0, 0.1) is 5.82 Å². The lowest BCUT2D eigenvalue weighted by Gasteiger charge is -2.23. The van der Waals surface area contributed by atoms with Gasteiger partial charge in [0.05, 0.1) is 6.61 Å². The lowest BCUT2D eigenvalue weighted by atomic mass is 10.2. The fourth-order valence-corrected chi connectivity index (χ4v) is 2.33. The van der Waals surface area contributed by atoms with Crippen molar-refractivity contribution in [1.82, 2.24) is 5.32 Å². The molecular weight excluding hydrogens is 281 g/mol. The van der Waals surface area contributed by atoms with E-state index in [-0.39, 0.29) is 30.3 Å². The number of ether oxygens (including phenoxy) is 1. The van der Waals surface area contributed by atoms with Crippen LogP contribution < -0.4 is 10.1 Å². The Morgan fingerprint density at radius 1 is 1.35 bits per heavy atom. The second-order valence-electron chi connectivity index (χ2n) is 4.57. The number of aliphatic hydroxyl groups is 2. The third-order valence-corrected chi connectivity index (χ3v) is 4.13. The van der Waals surface area contributed by atoms with Crippen LogP contribution in [0.3, 0.4) is 0 Å². The molecule has 0 aliphatic rings. The highest BCUT2D eigenvalue weighted by atomic mass is 32.2. The van der Waals surface area contributed by atoms with E-state index in [4.69, 9.17) is 9.84 Å². The number of hydrogen-bond acceptors (Lipinski definition) is 5. The van der Waals surface area contributed by atoms with Crippen LogP contribution >= 0.6 is 11.8 Å². The van der Waals surface area contributed by atoms with Gasteiger partial charge in [0.25, 0.3) is 0 Å². The summed E-state index contributed by atoms with van der Waals surface area (Å²) in [5.41, 5.74) is 0. The summed E-state index contributed by atoms with van der Waals surface area (Å²) in [6.45, 7) is 2.57. The van der Waals surface area contributed by atoms with E-state index < -0.39 is 6.10 Å². The second-order valence-corrected chi connectivity index (χ2v) is 5.65. The molecule has 0 fully saturated rings. The molecule has 0 amide bonds. The van der Waals surface area contributed by atoms with Gasteiger partial charge in [0.1, 0.15) is 24.3 Å². The standard InChI is InChI=1S/C14H22FNO3S/c1-10(14(8-17)20-2)16-7-12(18)9-19-13-5-3-11(15)4-6-13/h3-6,10,12,14,16-18H,7-9H2,1-2H3. The van der Waals surface area contributed by atoms with E-state index in [1.807, 2.05) is 13.2 Å². The first-order valence-corrected chi connectivity index (χ1v) is 7.79. The molecule has 0 spiro atoms. The maximum atomic E-state index is 12.7. The quantitative estimate of drug-likeness (QED) is 0.641. The third-order valence-electron chi connectivity index (χ3n) is 2.97. The summed E-state index contributed by atoms with van der Waals surface area (Å²) in [4.78, 5) is 0. The van der Waals surface area contributed by atoms with E-state index in [2.05, 4.69) is 5.32 Å². The molecule has 0 saturated heterocycles. The lowest BCUT2D eigenvalue weighted by molar-refractivity contribution is 0.103. The van der Waals surface area contributed by atoms with Crippen molar-refractivity contribution in [3.05, 3.63) is 30.1 Å². The summed E-state index contributed by atoms with van der Waals surface area (Å²) >= 11 is 1.58. The van der Waals surface area contributed by atoms with Gasteiger partial charge in [-0.25, -0.2) is 4.39 Å². The van der Waals surface area contributed by atoms with Crippen molar-refractivity contribution in [2.24, 2.45) is 0 Å². The molecule has 0 saturated carbocycles. The highest BCUT2D eigenvalue weighted by molar-refractivity contribution is 7.99. The average Bonchev–Trinajstić information content (AvgIpc) is 2.45. The summed E-state index contributed by atoms with van der Waals surface area (Å²) in [6, 6.07) is 5.76. The first-order valence-electron chi connectivity index (χ1n) is 6.50. The van der Waals surface area contributed by atoms with E-state index >= 15 is 0 Å². The minimum absolute atomic E-state index is 0.0930. The zero-order valence-electron chi connectivity index (χ0n) is 11.8. The molecule has 0 aromatic heterocycles. The highest BCUT2D eigenvalue weighted by Crippen LogP contribution is 2.12. The predicted molar refractivity (Wildman–Crippen MR) is 79.8 cm³/mol. The Hall–Kier alpha value is -0.820. The molecule has 0 radical (unpaired) electrons. The van der Waals surface area contributed by atoms with Gasteiger partial charge in [-0.1, -0.05) is 0 Å². The second kappa shape index (κ2) is 9.18. The minimum atomic E-state index is -0.663. The summed E-state index contributed by atoms with van der Waals surface area (Å²) in [5.74, 6) is 0.205. The van der Waals surface area contributed by atoms with Crippen LogP contribution in [0.15, 0.2) is 24.3 Å². The van der Waals surface area contributed by atoms with Crippen LogP contribution in [0.4, 0.5) is 4.39 Å². The van der Waals surface area contributed by atoms with Crippen molar-refractivity contribution in [3.63, 3.8) is 0 Å². The number of hydrogen-bond donors (Lipinski definition) is 3. The van der Waals surface area contributed by atoms with Crippen LogP contribution in [0.25, 0.3) is 0 Å². The Kier molecular flexibility index (Phi) is 7.91. The summed E-state index contributed by atoms with van der Waals surface area (Å²) < 4.78 is 18.1. The lowest BCUT2D eigenvalue weighted by Crippen LogP contribution is -2.42. The van der Waals surface area contributed by atoms with Gasteiger partial charge in [-0.3, -0.25) is 0 Å². The highest BCUT2D eigenvalue weighted by Gasteiger charge is 2.16. The van der Waals surface area contributed by atoms with Gasteiger partial charge >= 0.3 is 0 Å². The van der Waals surface area contributed by atoms with Crippen LogP contribution in [-0.2, 0) is 0 Å². The van der Waals surface area contributed by atoms with Crippen molar-refractivity contribution in [2.75, 3.05) is 26.0 Å². The SMILES string of the molecule is CSC(CO)C(C)NCC(O)COc1ccc(F)cc1. The Morgan fingerprint density at radius 2 is 2.00 bits per heavy atom. The molecule has 114 valence electrons. The fraction of sp³-hybridized carbons (Fsp3) is 0.571. The minimum Gasteiger partial charge on any atom is -0.491 e. The van der Waals surface area contributed by atoms with Crippen molar-refractivity contribution in [1.29, 1.82) is 0 Å². The Bertz CT molecular complexity index is 373. The Balaban J connectivity index is 2.26. The maximum absolute atomic E-state index is 12.7. The molecule has 1 aromatic carbocycles. The van der Waals surface area contributed by atoms with Gasteiger partial charge in [0.2, 0.25) is 0 Å². The predicted octanol–water partition coefficient (Wildman–Crippen LogP) is 1.27. The molecule has 4 nitrogen and oxygen atoms in total. The largest absolute Gasteiger partial charge is 0.491 e. The fourth-order valence-electron chi connectivity index (χ4n) is 1.67. The topological polar surface area (TPSA) is 61.7 Å². The molecule has 1 rings (SSSR count). The van der Waals surface area contributed by atoms with Crippen molar-refractivity contribution in [2.45, 2.75) is 24.3 Å². The number of halogens is 1. The zero-order chi connectivity index (χ0) is 15.0. The molecule has 0 heterocycles. The van der Waals surface area contributed by atoms with Crippen LogP contribution in [0.1, 0.15) is 6.92 Å². The van der Waals surface area contributed by atoms with E-state index in [9.17, 15) is 9.50 Å². The number of nitrogens with one attached hydrogen (secondary N) is 1. The molecule has 0 aliphatic heterocycles. The molecule has 3 unspecified atom stereocenters. The van der Waals surface area contributed by atoms with Crippen LogP contribution in [0.5, 0.6) is 5.75 Å². The first-order chi connectivity index (χ1) is 9.56. The van der Waals surface area contributed by atoms with Crippen molar-refractivity contribution >= 4 is 11.8 Å². The molecule has 3 atom stereocenters. The van der Waals surface area contributed by atoms with Gasteiger partial charge in [-0.2, -0.15) is 11.8 Å². The van der Waals surface area contributed by atoms with Crippen LogP contribution in [-0.4, -0.2) is 53.6 Å². The molecule has 6 heteroatoms. The van der Waals surface area contributed by atoms with Gasteiger partial charge < -0.3 is 20.3 Å². The molecule has 3 N–H and O–H groups in total. The number of benzene rings is 1. The normalized spacial score (nSPS) is 15.7. The maximum Gasteiger partial charge on any atom is 0.123 e. The molecule has 20 heavy (non-hydrogen) atoms. The number of thioether (sulfide) groups is 1. The molecule has 1 aromatic rings. The van der Waals surface area contributed by atoms with Gasteiger partial charge in [0.15, 0.2) is 0 Å². The number of rotatable bonds is 9. The average molecular weight is 303 g/mol. The zero-order valence-corrected chi connectivity index (χ0v) is 12.6.